The van der Waals surface area contributed by atoms with Crippen molar-refractivity contribution in [2.45, 2.75) is 33.7 Å². The first-order chi connectivity index (χ1) is 16.4. The van der Waals surface area contributed by atoms with Crippen LogP contribution in [0.25, 0.3) is 16.7 Å². The van der Waals surface area contributed by atoms with E-state index in [2.05, 4.69) is 9.98 Å². The van der Waals surface area contributed by atoms with Gasteiger partial charge in [0.1, 0.15) is 22.7 Å². The van der Waals surface area contributed by atoms with Gasteiger partial charge in [-0.3, -0.25) is 14.0 Å². The molecule has 0 N–H and O–H groups in total. The van der Waals surface area contributed by atoms with E-state index < -0.39 is 17.7 Å². The maximum absolute atomic E-state index is 14.3. The lowest BCUT2D eigenvalue weighted by molar-refractivity contribution is 0.0523. The number of benzene rings is 1. The topological polar surface area (TPSA) is 95.0 Å². The van der Waals surface area contributed by atoms with Crippen LogP contribution in [0.3, 0.4) is 0 Å². The highest BCUT2D eigenvalue weighted by atomic mass is 19.1. The normalized spacial score (nSPS) is 11.8. The summed E-state index contributed by atoms with van der Waals surface area (Å²) in [6.07, 6.45) is 2.20. The van der Waals surface area contributed by atoms with Crippen molar-refractivity contribution in [1.82, 2.24) is 14.0 Å². The Balaban J connectivity index is 2.16. The highest BCUT2D eigenvalue weighted by Gasteiger charge is 2.21. The average molecular weight is 462 g/mol. The summed E-state index contributed by atoms with van der Waals surface area (Å²) in [5.41, 5.74) is 0.785. The molecular formula is C25H23FN4O4. The molecule has 0 fully saturated rings. The van der Waals surface area contributed by atoms with Crippen LogP contribution in [0.1, 0.15) is 46.5 Å². The van der Waals surface area contributed by atoms with Crippen LogP contribution in [-0.2, 0) is 11.3 Å². The number of carbonyl (C=O) groups excluding carboxylic acids is 2. The Kier molecular flexibility index (Phi) is 6.36. The molecule has 4 aromatic rings. The van der Waals surface area contributed by atoms with Crippen LogP contribution in [0.15, 0.2) is 58.4 Å². The minimum atomic E-state index is -0.860. The third kappa shape index (κ3) is 4.00. The number of aryl methyl sites for hydroxylation is 2. The van der Waals surface area contributed by atoms with Crippen LogP contribution < -0.4 is 11.0 Å². The Morgan fingerprint density at radius 3 is 2.56 bits per heavy atom. The zero-order valence-electron chi connectivity index (χ0n) is 19.0. The summed E-state index contributed by atoms with van der Waals surface area (Å²) in [7, 11) is 0. The molecule has 0 unspecified atom stereocenters. The number of ether oxygens (including phenoxy) is 1. The fourth-order valence-corrected chi connectivity index (χ4v) is 3.79. The molecule has 0 saturated carbocycles. The molecule has 0 aliphatic carbocycles. The van der Waals surface area contributed by atoms with Crippen molar-refractivity contribution in [3.8, 4) is 0 Å². The number of nitrogens with zero attached hydrogens (tertiary/aromatic N) is 4. The number of esters is 1. The van der Waals surface area contributed by atoms with Crippen LogP contribution in [0, 0.1) is 12.7 Å². The van der Waals surface area contributed by atoms with Crippen molar-refractivity contribution >= 4 is 28.6 Å². The van der Waals surface area contributed by atoms with Gasteiger partial charge >= 0.3 is 5.97 Å². The molecule has 1 aromatic carbocycles. The van der Waals surface area contributed by atoms with E-state index in [1.807, 2.05) is 19.9 Å². The fraction of sp³-hybridized carbons (Fsp3) is 0.240. The molecule has 8 nitrogen and oxygen atoms in total. The predicted octanol–water partition coefficient (Wildman–Crippen LogP) is 3.42. The first-order valence-electron chi connectivity index (χ1n) is 10.9. The minimum Gasteiger partial charge on any atom is -0.462 e. The molecule has 0 bridgehead atoms. The van der Waals surface area contributed by atoms with Crippen molar-refractivity contribution in [3.63, 3.8) is 0 Å². The van der Waals surface area contributed by atoms with E-state index in [1.165, 1.54) is 28.7 Å². The van der Waals surface area contributed by atoms with Gasteiger partial charge in [-0.1, -0.05) is 25.1 Å². The first-order valence-corrected chi connectivity index (χ1v) is 10.9. The molecule has 1 amide bonds. The van der Waals surface area contributed by atoms with Gasteiger partial charge < -0.3 is 9.30 Å². The van der Waals surface area contributed by atoms with Gasteiger partial charge in [0.15, 0.2) is 5.49 Å². The molecule has 3 aromatic heterocycles. The maximum atomic E-state index is 14.3. The van der Waals surface area contributed by atoms with Gasteiger partial charge in [0, 0.05) is 12.7 Å². The minimum absolute atomic E-state index is 0.0362. The molecule has 0 aliphatic heterocycles. The van der Waals surface area contributed by atoms with Gasteiger partial charge in [-0.05, 0) is 50.1 Å². The molecular weight excluding hydrogens is 439 g/mol. The van der Waals surface area contributed by atoms with E-state index in [-0.39, 0.29) is 39.8 Å². The van der Waals surface area contributed by atoms with Gasteiger partial charge in [-0.15, -0.1) is 0 Å². The standard InChI is InChI=1S/C25H23FN4O4/c1-4-12-29-21-17(24(32)30-13-8-9-15(3)20(30)27-21)14-18(25(33)34-5-2)22(29)28-23(31)16-10-6-7-11-19(16)26/h6-11,13-14H,4-5,12H2,1-3H3. The first kappa shape index (κ1) is 23.0. The van der Waals surface area contributed by atoms with E-state index in [0.717, 1.165) is 11.6 Å². The number of pyridine rings is 2. The summed E-state index contributed by atoms with van der Waals surface area (Å²) in [6.45, 7) is 5.77. The number of amides is 1. The monoisotopic (exact) mass is 462 g/mol. The summed E-state index contributed by atoms with van der Waals surface area (Å²) in [5.74, 6) is -2.33. The SMILES string of the molecule is CCCn1c(=NC(=O)c2ccccc2F)c(C(=O)OCC)cc2c(=O)n3cccc(C)c3nc21. The number of aromatic nitrogens is 3. The lowest BCUT2D eigenvalue weighted by Gasteiger charge is -2.15. The van der Waals surface area contributed by atoms with Crippen molar-refractivity contribution in [2.24, 2.45) is 4.99 Å². The Hall–Kier alpha value is -4.14. The maximum Gasteiger partial charge on any atom is 0.341 e. The average Bonchev–Trinajstić information content (AvgIpc) is 2.81. The number of hydrogen-bond donors (Lipinski definition) is 0. The summed E-state index contributed by atoms with van der Waals surface area (Å²) >= 11 is 0. The Labute approximate surface area is 194 Å². The Morgan fingerprint density at radius 2 is 1.85 bits per heavy atom. The van der Waals surface area contributed by atoms with Crippen molar-refractivity contribution in [2.75, 3.05) is 6.61 Å². The van der Waals surface area contributed by atoms with Crippen LogP contribution in [0.5, 0.6) is 0 Å². The number of fused-ring (bicyclic) bond motifs is 2. The molecule has 34 heavy (non-hydrogen) atoms. The zero-order chi connectivity index (χ0) is 24.4. The van der Waals surface area contributed by atoms with Gasteiger partial charge in [-0.2, -0.15) is 4.99 Å². The fourth-order valence-electron chi connectivity index (χ4n) is 3.79. The van der Waals surface area contributed by atoms with Crippen molar-refractivity contribution in [3.05, 3.63) is 87.0 Å². The Morgan fingerprint density at radius 1 is 1.09 bits per heavy atom. The molecule has 174 valence electrons. The highest BCUT2D eigenvalue weighted by molar-refractivity contribution is 5.97. The van der Waals surface area contributed by atoms with Gasteiger partial charge in [0.05, 0.1) is 17.6 Å². The second-order valence-electron chi connectivity index (χ2n) is 7.69. The summed E-state index contributed by atoms with van der Waals surface area (Å²) < 4.78 is 22.4. The number of halogens is 1. The molecule has 3 heterocycles. The van der Waals surface area contributed by atoms with E-state index in [0.29, 0.717) is 18.6 Å². The van der Waals surface area contributed by atoms with Gasteiger partial charge in [0.25, 0.3) is 11.5 Å². The van der Waals surface area contributed by atoms with Crippen LogP contribution in [0.4, 0.5) is 4.39 Å². The van der Waals surface area contributed by atoms with E-state index in [1.54, 1.807) is 23.8 Å². The largest absolute Gasteiger partial charge is 0.462 e. The number of hydrogen-bond acceptors (Lipinski definition) is 5. The third-order valence-corrected chi connectivity index (χ3v) is 5.36. The lowest BCUT2D eigenvalue weighted by Crippen LogP contribution is -2.33. The summed E-state index contributed by atoms with van der Waals surface area (Å²) in [4.78, 5) is 48.0. The molecule has 0 saturated heterocycles. The highest BCUT2D eigenvalue weighted by Crippen LogP contribution is 2.15. The second-order valence-corrected chi connectivity index (χ2v) is 7.69. The van der Waals surface area contributed by atoms with Crippen molar-refractivity contribution in [1.29, 1.82) is 0 Å². The van der Waals surface area contributed by atoms with E-state index >= 15 is 0 Å². The second kappa shape index (κ2) is 9.38. The molecule has 0 radical (unpaired) electrons. The zero-order valence-corrected chi connectivity index (χ0v) is 19.0. The van der Waals surface area contributed by atoms with E-state index in [4.69, 9.17) is 4.74 Å². The Bertz CT molecular complexity index is 1570. The summed E-state index contributed by atoms with van der Waals surface area (Å²) in [6, 6.07) is 10.4. The third-order valence-electron chi connectivity index (χ3n) is 5.36. The lowest BCUT2D eigenvalue weighted by atomic mass is 10.2. The quantitative estimate of drug-likeness (QED) is 0.335. The van der Waals surface area contributed by atoms with Crippen LogP contribution in [0.2, 0.25) is 0 Å². The number of rotatable bonds is 5. The predicted molar refractivity (Wildman–Crippen MR) is 124 cm³/mol. The van der Waals surface area contributed by atoms with Gasteiger partial charge in [-0.25, -0.2) is 14.2 Å². The van der Waals surface area contributed by atoms with Crippen LogP contribution >= 0.6 is 0 Å². The molecule has 0 spiro atoms. The van der Waals surface area contributed by atoms with E-state index in [9.17, 15) is 18.8 Å². The van der Waals surface area contributed by atoms with Gasteiger partial charge in [0.2, 0.25) is 0 Å². The number of carbonyl (C=O) groups is 2. The molecule has 0 aliphatic rings. The summed E-state index contributed by atoms with van der Waals surface area (Å²) in [5, 5.41) is 0.178. The molecule has 9 heteroatoms. The van der Waals surface area contributed by atoms with Crippen molar-refractivity contribution < 1.29 is 18.7 Å². The molecule has 4 rings (SSSR count). The molecule has 0 atom stereocenters. The van der Waals surface area contributed by atoms with Crippen LogP contribution in [-0.4, -0.2) is 32.4 Å². The smallest absolute Gasteiger partial charge is 0.341 e.